The van der Waals surface area contributed by atoms with Gasteiger partial charge in [0.25, 0.3) is 0 Å². The van der Waals surface area contributed by atoms with E-state index in [4.69, 9.17) is 14.2 Å². The number of carbonyl (C=O) groups excluding carboxylic acids is 4. The van der Waals surface area contributed by atoms with Crippen LogP contribution in [0.25, 0.3) is 0 Å². The third-order valence-electron chi connectivity index (χ3n) is 9.25. The summed E-state index contributed by atoms with van der Waals surface area (Å²) in [5.41, 5.74) is 1.22. The van der Waals surface area contributed by atoms with Crippen molar-refractivity contribution in [1.29, 1.82) is 0 Å². The molecule has 0 fully saturated rings. The maximum absolute atomic E-state index is 13.8. The van der Waals surface area contributed by atoms with Crippen LogP contribution in [0.4, 0.5) is 0 Å². The van der Waals surface area contributed by atoms with Gasteiger partial charge in [-0.2, -0.15) is 0 Å². The van der Waals surface area contributed by atoms with Crippen LogP contribution < -0.4 is 0 Å². The number of ether oxygens (including phenoxy) is 3. The van der Waals surface area contributed by atoms with Crippen LogP contribution in [0.5, 0.6) is 0 Å². The van der Waals surface area contributed by atoms with E-state index < -0.39 is 23.6 Å². The van der Waals surface area contributed by atoms with Gasteiger partial charge >= 0.3 is 17.9 Å². The molecule has 0 N–H and O–H groups in total. The molecule has 2 rings (SSSR count). The van der Waals surface area contributed by atoms with E-state index in [-0.39, 0.29) is 31.3 Å². The summed E-state index contributed by atoms with van der Waals surface area (Å²) in [7, 11) is 0. The number of hydrogen-bond acceptors (Lipinski definition) is 7. The number of rotatable bonds is 29. The lowest BCUT2D eigenvalue weighted by atomic mass is 10.0. The highest BCUT2D eigenvalue weighted by atomic mass is 16.6. The number of amides is 1. The number of hydrogen-bond donors (Lipinski definition) is 0. The Balaban J connectivity index is 1.89. The molecule has 2 aromatic carbocycles. The van der Waals surface area contributed by atoms with Gasteiger partial charge in [0.1, 0.15) is 24.9 Å². The van der Waals surface area contributed by atoms with Crippen LogP contribution in [0.1, 0.15) is 167 Å². The van der Waals surface area contributed by atoms with Crippen LogP contribution in [-0.2, 0) is 46.6 Å². The Morgan fingerprint density at radius 3 is 1.57 bits per heavy atom. The SMILES string of the molecule is CCCCCCCCCCCN(C(=O)CCCCCCCCCC(=O)OCc1ccccc1)C(CCC(=O)OC(C)(C)C)C(=O)OCc1ccccc1. The molecule has 0 radical (unpaired) electrons. The summed E-state index contributed by atoms with van der Waals surface area (Å²) in [5.74, 6) is -1.10. The molecule has 1 amide bonds. The third kappa shape index (κ3) is 22.9. The van der Waals surface area contributed by atoms with Gasteiger partial charge in [0.05, 0.1) is 0 Å². The number of unbranched alkanes of at least 4 members (excludes halogenated alkanes) is 14. The van der Waals surface area contributed by atoms with Gasteiger partial charge in [-0.25, -0.2) is 4.79 Å². The Morgan fingerprint density at radius 1 is 0.566 bits per heavy atom. The summed E-state index contributed by atoms with van der Waals surface area (Å²) in [6.07, 6.45) is 17.8. The van der Waals surface area contributed by atoms with Gasteiger partial charge in [0.15, 0.2) is 0 Å². The fourth-order valence-electron chi connectivity index (χ4n) is 6.30. The van der Waals surface area contributed by atoms with Crippen molar-refractivity contribution in [3.05, 3.63) is 71.8 Å². The van der Waals surface area contributed by atoms with Crippen molar-refractivity contribution in [2.75, 3.05) is 6.54 Å². The van der Waals surface area contributed by atoms with E-state index in [0.717, 1.165) is 75.3 Å². The van der Waals surface area contributed by atoms with E-state index in [0.29, 0.717) is 26.0 Å². The minimum absolute atomic E-state index is 0.0225. The van der Waals surface area contributed by atoms with Crippen LogP contribution in [-0.4, -0.2) is 46.9 Å². The first-order valence-corrected chi connectivity index (χ1v) is 20.5. The summed E-state index contributed by atoms with van der Waals surface area (Å²) < 4.78 is 16.7. The normalized spacial score (nSPS) is 11.8. The average Bonchev–Trinajstić information content (AvgIpc) is 3.14. The quantitative estimate of drug-likeness (QED) is 0.0466. The minimum atomic E-state index is -0.854. The average molecular weight is 736 g/mol. The largest absolute Gasteiger partial charge is 0.461 e. The van der Waals surface area contributed by atoms with E-state index in [1.54, 1.807) is 4.90 Å². The lowest BCUT2D eigenvalue weighted by molar-refractivity contribution is -0.160. The zero-order valence-corrected chi connectivity index (χ0v) is 33.4. The predicted octanol–water partition coefficient (Wildman–Crippen LogP) is 10.8. The summed E-state index contributed by atoms with van der Waals surface area (Å²) in [5, 5.41) is 0. The smallest absolute Gasteiger partial charge is 0.329 e. The molecule has 0 saturated carbocycles. The highest BCUT2D eigenvalue weighted by Crippen LogP contribution is 2.20. The highest BCUT2D eigenvalue weighted by molar-refractivity contribution is 5.85. The summed E-state index contributed by atoms with van der Waals surface area (Å²) in [4.78, 5) is 54.0. The van der Waals surface area contributed by atoms with Gasteiger partial charge in [-0.1, -0.05) is 151 Å². The van der Waals surface area contributed by atoms with Crippen molar-refractivity contribution >= 4 is 23.8 Å². The molecule has 8 heteroatoms. The molecular weight excluding hydrogens is 666 g/mol. The minimum Gasteiger partial charge on any atom is -0.461 e. The van der Waals surface area contributed by atoms with Gasteiger partial charge in [0, 0.05) is 25.8 Å². The molecule has 53 heavy (non-hydrogen) atoms. The van der Waals surface area contributed by atoms with Crippen molar-refractivity contribution in [3.8, 4) is 0 Å². The molecule has 0 spiro atoms. The van der Waals surface area contributed by atoms with Gasteiger partial charge in [0.2, 0.25) is 5.91 Å². The van der Waals surface area contributed by atoms with E-state index >= 15 is 0 Å². The van der Waals surface area contributed by atoms with Gasteiger partial charge in [-0.05, 0) is 57.6 Å². The lowest BCUT2D eigenvalue weighted by Crippen LogP contribution is -2.46. The first-order valence-electron chi connectivity index (χ1n) is 20.5. The molecule has 0 bridgehead atoms. The lowest BCUT2D eigenvalue weighted by Gasteiger charge is -2.31. The molecule has 0 aliphatic heterocycles. The standard InChI is InChI=1S/C45H69NO7/c1-5-6-7-8-9-10-14-17-26-35-46(40(33-34-43(49)53-45(2,3)4)44(50)52-37-39-29-22-19-23-30-39)41(47)31-24-15-12-11-13-16-25-32-42(48)51-36-38-27-20-18-21-28-38/h18-23,27-30,40H,5-17,24-26,31-37H2,1-4H3. The molecule has 0 aliphatic carbocycles. The molecular formula is C45H69NO7. The molecule has 0 saturated heterocycles. The van der Waals surface area contributed by atoms with Gasteiger partial charge in [-0.3, -0.25) is 14.4 Å². The first kappa shape index (κ1) is 45.5. The van der Waals surface area contributed by atoms with Gasteiger partial charge in [-0.15, -0.1) is 0 Å². The number of benzene rings is 2. The Morgan fingerprint density at radius 2 is 1.04 bits per heavy atom. The topological polar surface area (TPSA) is 99.2 Å². The summed E-state index contributed by atoms with van der Waals surface area (Å²) in [6.45, 7) is 8.57. The fourth-order valence-corrected chi connectivity index (χ4v) is 6.30. The number of carbonyl (C=O) groups is 4. The zero-order chi connectivity index (χ0) is 38.6. The van der Waals surface area contributed by atoms with Crippen LogP contribution in [0, 0.1) is 0 Å². The van der Waals surface area contributed by atoms with Gasteiger partial charge < -0.3 is 19.1 Å². The predicted molar refractivity (Wildman–Crippen MR) is 212 cm³/mol. The highest BCUT2D eigenvalue weighted by Gasteiger charge is 2.32. The van der Waals surface area contributed by atoms with Crippen LogP contribution in [0.3, 0.4) is 0 Å². The molecule has 0 aromatic heterocycles. The number of nitrogens with zero attached hydrogens (tertiary/aromatic N) is 1. The van der Waals surface area contributed by atoms with Crippen molar-refractivity contribution in [3.63, 3.8) is 0 Å². The van der Waals surface area contributed by atoms with E-state index in [2.05, 4.69) is 6.92 Å². The molecule has 0 heterocycles. The van der Waals surface area contributed by atoms with E-state index in [1.807, 2.05) is 81.4 Å². The Kier molecular flexibility index (Phi) is 23.9. The first-order chi connectivity index (χ1) is 25.6. The molecule has 296 valence electrons. The summed E-state index contributed by atoms with van der Waals surface area (Å²) >= 11 is 0. The molecule has 1 unspecified atom stereocenters. The summed E-state index contributed by atoms with van der Waals surface area (Å²) in [6, 6.07) is 18.3. The molecule has 1 atom stereocenters. The second-order valence-electron chi connectivity index (χ2n) is 15.3. The van der Waals surface area contributed by atoms with E-state index in [1.165, 1.54) is 38.5 Å². The van der Waals surface area contributed by atoms with Crippen molar-refractivity contribution in [2.45, 2.75) is 181 Å². The molecule has 8 nitrogen and oxygen atoms in total. The monoisotopic (exact) mass is 736 g/mol. The van der Waals surface area contributed by atoms with E-state index in [9.17, 15) is 19.2 Å². The number of esters is 3. The molecule has 0 aliphatic rings. The zero-order valence-electron chi connectivity index (χ0n) is 33.4. The van der Waals surface area contributed by atoms with Crippen molar-refractivity contribution < 1.29 is 33.4 Å². The second-order valence-corrected chi connectivity index (χ2v) is 15.3. The Hall–Kier alpha value is -3.68. The second kappa shape index (κ2) is 27.9. The maximum Gasteiger partial charge on any atom is 0.329 e. The van der Waals surface area contributed by atoms with Crippen LogP contribution >= 0.6 is 0 Å². The van der Waals surface area contributed by atoms with Crippen LogP contribution in [0.15, 0.2) is 60.7 Å². The molecule has 2 aromatic rings. The fraction of sp³-hybridized carbons (Fsp3) is 0.644. The van der Waals surface area contributed by atoms with Crippen molar-refractivity contribution in [2.24, 2.45) is 0 Å². The Labute approximate surface area is 320 Å². The van der Waals surface area contributed by atoms with Crippen molar-refractivity contribution in [1.82, 2.24) is 4.90 Å². The van der Waals surface area contributed by atoms with Crippen LogP contribution in [0.2, 0.25) is 0 Å². The maximum atomic E-state index is 13.8. The third-order valence-corrected chi connectivity index (χ3v) is 9.25. The Bertz CT molecular complexity index is 1270.